The molecule has 0 saturated carbocycles. The number of benzene rings is 2. The Morgan fingerprint density at radius 1 is 1.15 bits per heavy atom. The summed E-state index contributed by atoms with van der Waals surface area (Å²) < 4.78 is 25.6. The molecule has 27 heavy (non-hydrogen) atoms. The van der Waals surface area contributed by atoms with Crippen LogP contribution in [0.4, 0.5) is 0 Å². The molecule has 0 radical (unpaired) electrons. The van der Waals surface area contributed by atoms with E-state index < -0.39 is 9.84 Å². The van der Waals surface area contributed by atoms with E-state index in [-0.39, 0.29) is 22.6 Å². The van der Waals surface area contributed by atoms with Crippen molar-refractivity contribution in [3.63, 3.8) is 0 Å². The number of likely N-dealkylation sites (tertiary alicyclic amines) is 1. The molecule has 2 N–H and O–H groups in total. The first-order chi connectivity index (χ1) is 12.9. The summed E-state index contributed by atoms with van der Waals surface area (Å²) in [7, 11) is -3.53. The van der Waals surface area contributed by atoms with Crippen molar-refractivity contribution in [1.29, 1.82) is 0 Å². The number of sulfone groups is 1. The Hall–Kier alpha value is -2.18. The Morgan fingerprint density at radius 3 is 2.59 bits per heavy atom. The number of carbonyl (C=O) groups is 1. The molecule has 1 aliphatic rings. The Bertz CT molecular complexity index is 897. The van der Waals surface area contributed by atoms with Gasteiger partial charge in [0.05, 0.1) is 10.6 Å². The van der Waals surface area contributed by atoms with Crippen LogP contribution >= 0.6 is 0 Å². The lowest BCUT2D eigenvalue weighted by Gasteiger charge is -2.39. The molecular formula is C21H26N2O3S. The van der Waals surface area contributed by atoms with Gasteiger partial charge in [0.25, 0.3) is 5.91 Å². The average Bonchev–Trinajstić information content (AvgIpc) is 2.68. The second kappa shape index (κ2) is 8.23. The SMILES string of the molecule is CC1CCCN(C(=O)c2cccc(S(=O)(=O)Cc3ccccc3)c2)C1CN. The highest BCUT2D eigenvalue weighted by Crippen LogP contribution is 2.25. The van der Waals surface area contributed by atoms with Crippen LogP contribution in [0.2, 0.25) is 0 Å². The van der Waals surface area contributed by atoms with Gasteiger partial charge in [-0.05, 0) is 42.5 Å². The summed E-state index contributed by atoms with van der Waals surface area (Å²) in [5.74, 6) is 0.115. The Kier molecular flexibility index (Phi) is 5.97. The molecule has 2 unspecified atom stereocenters. The topological polar surface area (TPSA) is 80.5 Å². The molecule has 2 atom stereocenters. The van der Waals surface area contributed by atoms with Crippen molar-refractivity contribution in [3.8, 4) is 0 Å². The molecule has 3 rings (SSSR count). The zero-order valence-corrected chi connectivity index (χ0v) is 16.4. The van der Waals surface area contributed by atoms with Crippen molar-refractivity contribution < 1.29 is 13.2 Å². The third-order valence-corrected chi connectivity index (χ3v) is 6.94. The van der Waals surface area contributed by atoms with E-state index in [0.717, 1.165) is 18.4 Å². The van der Waals surface area contributed by atoms with Crippen LogP contribution in [0.5, 0.6) is 0 Å². The highest BCUT2D eigenvalue weighted by Gasteiger charge is 2.31. The quantitative estimate of drug-likeness (QED) is 0.857. The molecule has 0 bridgehead atoms. The Balaban J connectivity index is 1.85. The summed E-state index contributed by atoms with van der Waals surface area (Å²) in [5.41, 5.74) is 7.02. The maximum atomic E-state index is 13.0. The van der Waals surface area contributed by atoms with Gasteiger partial charge in [0.2, 0.25) is 0 Å². The molecule has 0 aromatic heterocycles. The van der Waals surface area contributed by atoms with Crippen LogP contribution in [0.25, 0.3) is 0 Å². The lowest BCUT2D eigenvalue weighted by molar-refractivity contribution is 0.0532. The van der Waals surface area contributed by atoms with Gasteiger partial charge in [0.1, 0.15) is 0 Å². The van der Waals surface area contributed by atoms with Crippen LogP contribution < -0.4 is 5.73 Å². The van der Waals surface area contributed by atoms with E-state index in [1.54, 1.807) is 35.2 Å². The molecule has 0 spiro atoms. The van der Waals surface area contributed by atoms with Gasteiger partial charge in [-0.25, -0.2) is 8.42 Å². The van der Waals surface area contributed by atoms with Crippen LogP contribution in [0, 0.1) is 5.92 Å². The highest BCUT2D eigenvalue weighted by molar-refractivity contribution is 7.90. The number of rotatable bonds is 5. The first-order valence-electron chi connectivity index (χ1n) is 9.30. The lowest BCUT2D eigenvalue weighted by atomic mass is 9.90. The van der Waals surface area contributed by atoms with Gasteiger partial charge < -0.3 is 10.6 Å². The molecule has 1 saturated heterocycles. The standard InChI is InChI=1S/C21H26N2O3S/c1-16-7-6-12-23(20(16)14-22)21(24)18-10-5-11-19(13-18)27(25,26)15-17-8-3-2-4-9-17/h2-5,8-11,13,16,20H,6-7,12,14-15,22H2,1H3. The van der Waals surface area contributed by atoms with Crippen LogP contribution in [0.15, 0.2) is 59.5 Å². The van der Waals surface area contributed by atoms with Gasteiger partial charge in [-0.15, -0.1) is 0 Å². The van der Waals surface area contributed by atoms with Crippen molar-refractivity contribution in [1.82, 2.24) is 4.90 Å². The zero-order valence-electron chi connectivity index (χ0n) is 15.5. The second-order valence-corrected chi connectivity index (χ2v) is 9.18. The average molecular weight is 387 g/mol. The monoisotopic (exact) mass is 386 g/mol. The Morgan fingerprint density at radius 2 is 1.89 bits per heavy atom. The van der Waals surface area contributed by atoms with Crippen LogP contribution in [-0.2, 0) is 15.6 Å². The number of hydrogen-bond donors (Lipinski definition) is 1. The minimum absolute atomic E-state index is 0.00386. The summed E-state index contributed by atoms with van der Waals surface area (Å²) in [6.45, 7) is 3.18. The van der Waals surface area contributed by atoms with Crippen LogP contribution in [-0.4, -0.2) is 38.4 Å². The van der Waals surface area contributed by atoms with Gasteiger partial charge >= 0.3 is 0 Å². The van der Waals surface area contributed by atoms with Crippen molar-refractivity contribution in [2.75, 3.05) is 13.1 Å². The third kappa shape index (κ3) is 4.39. The number of nitrogens with two attached hydrogens (primary N) is 1. The fourth-order valence-electron chi connectivity index (χ4n) is 3.73. The molecule has 6 heteroatoms. The zero-order chi connectivity index (χ0) is 19.4. The third-order valence-electron chi connectivity index (χ3n) is 5.26. The minimum Gasteiger partial charge on any atom is -0.334 e. The number of hydrogen-bond acceptors (Lipinski definition) is 4. The Labute approximate surface area is 161 Å². The fourth-order valence-corrected chi connectivity index (χ4v) is 5.12. The van der Waals surface area contributed by atoms with Gasteiger partial charge in [-0.1, -0.05) is 43.3 Å². The molecule has 1 aliphatic heterocycles. The highest BCUT2D eigenvalue weighted by atomic mass is 32.2. The number of piperidine rings is 1. The van der Waals surface area contributed by atoms with E-state index in [0.29, 0.717) is 24.6 Å². The predicted molar refractivity (Wildman–Crippen MR) is 106 cm³/mol. The number of nitrogens with zero attached hydrogens (tertiary/aromatic N) is 1. The summed E-state index contributed by atoms with van der Waals surface area (Å²) >= 11 is 0. The van der Waals surface area contributed by atoms with Crippen LogP contribution in [0.1, 0.15) is 35.7 Å². The molecule has 1 fully saturated rings. The van der Waals surface area contributed by atoms with E-state index in [4.69, 9.17) is 5.73 Å². The molecule has 1 amide bonds. The van der Waals surface area contributed by atoms with Crippen molar-refractivity contribution in [2.24, 2.45) is 11.7 Å². The summed E-state index contributed by atoms with van der Waals surface area (Å²) in [6.07, 6.45) is 1.99. The molecule has 0 aliphatic carbocycles. The number of amides is 1. The summed E-state index contributed by atoms with van der Waals surface area (Å²) in [5, 5.41) is 0. The smallest absolute Gasteiger partial charge is 0.254 e. The fraction of sp³-hybridized carbons (Fsp3) is 0.381. The molecule has 2 aromatic rings. The van der Waals surface area contributed by atoms with Crippen LogP contribution in [0.3, 0.4) is 0 Å². The maximum Gasteiger partial charge on any atom is 0.254 e. The normalized spacial score (nSPS) is 20.4. The van der Waals surface area contributed by atoms with E-state index in [9.17, 15) is 13.2 Å². The lowest BCUT2D eigenvalue weighted by Crippen LogP contribution is -2.51. The van der Waals surface area contributed by atoms with E-state index in [1.807, 2.05) is 18.2 Å². The van der Waals surface area contributed by atoms with E-state index in [2.05, 4.69) is 6.92 Å². The molecular weight excluding hydrogens is 360 g/mol. The summed E-state index contributed by atoms with van der Waals surface area (Å²) in [6, 6.07) is 15.4. The van der Waals surface area contributed by atoms with E-state index in [1.165, 1.54) is 6.07 Å². The molecule has 2 aromatic carbocycles. The van der Waals surface area contributed by atoms with Gasteiger partial charge in [0.15, 0.2) is 9.84 Å². The van der Waals surface area contributed by atoms with Crippen molar-refractivity contribution in [2.45, 2.75) is 36.5 Å². The van der Waals surface area contributed by atoms with Gasteiger partial charge in [0, 0.05) is 24.7 Å². The van der Waals surface area contributed by atoms with Crippen molar-refractivity contribution >= 4 is 15.7 Å². The number of carbonyl (C=O) groups excluding carboxylic acids is 1. The van der Waals surface area contributed by atoms with Gasteiger partial charge in [-0.2, -0.15) is 0 Å². The molecule has 144 valence electrons. The summed E-state index contributed by atoms with van der Waals surface area (Å²) in [4.78, 5) is 15.0. The first-order valence-corrected chi connectivity index (χ1v) is 11.0. The van der Waals surface area contributed by atoms with E-state index >= 15 is 0 Å². The minimum atomic E-state index is -3.53. The maximum absolute atomic E-state index is 13.0. The molecule has 1 heterocycles. The molecule has 5 nitrogen and oxygen atoms in total. The largest absolute Gasteiger partial charge is 0.334 e. The predicted octanol–water partition coefficient (Wildman–Crippen LogP) is 2.86. The van der Waals surface area contributed by atoms with Gasteiger partial charge in [-0.3, -0.25) is 4.79 Å². The van der Waals surface area contributed by atoms with Crippen molar-refractivity contribution in [3.05, 3.63) is 65.7 Å². The second-order valence-electron chi connectivity index (χ2n) is 7.19. The first kappa shape index (κ1) is 19.6.